The van der Waals surface area contributed by atoms with Gasteiger partial charge < -0.3 is 10.6 Å². The van der Waals surface area contributed by atoms with Crippen LogP contribution in [0, 0.1) is 6.92 Å². The Labute approximate surface area is 156 Å². The molecular formula is C17H24N6O2S. The SMILES string of the molecule is CCC(C)n1cc(-c2sc(NC(=O)N3CCC[C@H]3C(N)=O)nc2C)cn1. The van der Waals surface area contributed by atoms with E-state index in [0.717, 1.165) is 29.0 Å². The molecule has 3 rings (SSSR count). The summed E-state index contributed by atoms with van der Waals surface area (Å²) in [6.45, 7) is 6.67. The van der Waals surface area contributed by atoms with Gasteiger partial charge in [0.05, 0.1) is 16.8 Å². The first-order valence-electron chi connectivity index (χ1n) is 8.79. The molecule has 0 radical (unpaired) electrons. The van der Waals surface area contributed by atoms with Crippen LogP contribution >= 0.6 is 11.3 Å². The zero-order valence-electron chi connectivity index (χ0n) is 15.2. The molecule has 2 aromatic heterocycles. The number of rotatable bonds is 5. The first kappa shape index (κ1) is 18.4. The van der Waals surface area contributed by atoms with Crippen LogP contribution in [-0.2, 0) is 4.79 Å². The van der Waals surface area contributed by atoms with Gasteiger partial charge in [-0.25, -0.2) is 9.78 Å². The number of anilines is 1. The largest absolute Gasteiger partial charge is 0.368 e. The van der Waals surface area contributed by atoms with Crippen LogP contribution in [0.3, 0.4) is 0 Å². The van der Waals surface area contributed by atoms with Gasteiger partial charge in [0, 0.05) is 24.3 Å². The van der Waals surface area contributed by atoms with Crippen LogP contribution < -0.4 is 11.1 Å². The van der Waals surface area contributed by atoms with Crippen molar-refractivity contribution in [2.24, 2.45) is 5.73 Å². The fourth-order valence-electron chi connectivity index (χ4n) is 3.07. The highest BCUT2D eigenvalue weighted by Crippen LogP contribution is 2.33. The number of nitrogens with zero attached hydrogens (tertiary/aromatic N) is 4. The van der Waals surface area contributed by atoms with Gasteiger partial charge in [-0.3, -0.25) is 14.8 Å². The van der Waals surface area contributed by atoms with Crippen molar-refractivity contribution in [3.63, 3.8) is 0 Å². The second-order valence-electron chi connectivity index (χ2n) is 6.58. The minimum Gasteiger partial charge on any atom is -0.368 e. The number of aryl methyl sites for hydroxylation is 1. The summed E-state index contributed by atoms with van der Waals surface area (Å²) in [5.41, 5.74) is 7.20. The number of hydrogen-bond acceptors (Lipinski definition) is 5. The fourth-order valence-corrected chi connectivity index (χ4v) is 4.00. The molecule has 1 unspecified atom stereocenters. The van der Waals surface area contributed by atoms with Gasteiger partial charge in [0.15, 0.2) is 5.13 Å². The fraction of sp³-hybridized carbons (Fsp3) is 0.529. The molecule has 0 aliphatic carbocycles. The molecule has 2 aromatic rings. The van der Waals surface area contributed by atoms with Crippen molar-refractivity contribution in [3.05, 3.63) is 18.1 Å². The molecule has 26 heavy (non-hydrogen) atoms. The molecule has 0 aromatic carbocycles. The number of likely N-dealkylation sites (tertiary alicyclic amines) is 1. The Balaban J connectivity index is 1.75. The van der Waals surface area contributed by atoms with E-state index in [-0.39, 0.29) is 6.03 Å². The molecule has 0 spiro atoms. The first-order chi connectivity index (χ1) is 12.4. The molecular weight excluding hydrogens is 352 g/mol. The average molecular weight is 376 g/mol. The Hall–Kier alpha value is -2.42. The Morgan fingerprint density at radius 2 is 2.27 bits per heavy atom. The van der Waals surface area contributed by atoms with Gasteiger partial charge in [-0.15, -0.1) is 0 Å². The van der Waals surface area contributed by atoms with Crippen LogP contribution in [0.4, 0.5) is 9.93 Å². The molecule has 140 valence electrons. The van der Waals surface area contributed by atoms with Crippen molar-refractivity contribution < 1.29 is 9.59 Å². The average Bonchev–Trinajstić information content (AvgIpc) is 3.32. The normalized spacial score (nSPS) is 18.1. The topological polar surface area (TPSA) is 106 Å². The van der Waals surface area contributed by atoms with E-state index >= 15 is 0 Å². The minimum absolute atomic E-state index is 0.331. The van der Waals surface area contributed by atoms with Crippen molar-refractivity contribution in [1.82, 2.24) is 19.7 Å². The lowest BCUT2D eigenvalue weighted by molar-refractivity contribution is -0.121. The highest BCUT2D eigenvalue weighted by molar-refractivity contribution is 7.19. The zero-order valence-corrected chi connectivity index (χ0v) is 16.0. The lowest BCUT2D eigenvalue weighted by atomic mass is 10.2. The molecule has 1 aliphatic rings. The number of carbonyl (C=O) groups is 2. The first-order valence-corrected chi connectivity index (χ1v) is 9.61. The molecule has 8 nitrogen and oxygen atoms in total. The Kier molecular flexibility index (Phi) is 5.26. The predicted molar refractivity (Wildman–Crippen MR) is 101 cm³/mol. The molecule has 1 fully saturated rings. The maximum absolute atomic E-state index is 12.5. The summed E-state index contributed by atoms with van der Waals surface area (Å²) in [4.78, 5) is 30.9. The number of hydrogen-bond donors (Lipinski definition) is 2. The Bertz CT molecular complexity index is 814. The Morgan fingerprint density at radius 1 is 1.50 bits per heavy atom. The van der Waals surface area contributed by atoms with E-state index in [1.807, 2.05) is 24.0 Å². The number of carbonyl (C=O) groups excluding carboxylic acids is 2. The van der Waals surface area contributed by atoms with E-state index in [0.29, 0.717) is 24.1 Å². The van der Waals surface area contributed by atoms with Gasteiger partial charge in [0.1, 0.15) is 6.04 Å². The van der Waals surface area contributed by atoms with Crippen LogP contribution in [0.1, 0.15) is 44.8 Å². The number of aromatic nitrogens is 3. The van der Waals surface area contributed by atoms with Crippen LogP contribution in [-0.4, -0.2) is 44.2 Å². The molecule has 9 heteroatoms. The molecule has 1 aliphatic heterocycles. The van der Waals surface area contributed by atoms with E-state index in [1.54, 1.807) is 0 Å². The number of thiazole rings is 1. The van der Waals surface area contributed by atoms with Gasteiger partial charge in [0.2, 0.25) is 5.91 Å². The third-order valence-electron chi connectivity index (χ3n) is 4.76. The van der Waals surface area contributed by atoms with E-state index in [2.05, 4.69) is 29.2 Å². The zero-order chi connectivity index (χ0) is 18.8. The highest BCUT2D eigenvalue weighted by Gasteiger charge is 2.33. The van der Waals surface area contributed by atoms with Gasteiger partial charge in [-0.05, 0) is 33.1 Å². The Morgan fingerprint density at radius 3 is 2.96 bits per heavy atom. The van der Waals surface area contributed by atoms with Gasteiger partial charge >= 0.3 is 6.03 Å². The van der Waals surface area contributed by atoms with Crippen molar-refractivity contribution in [3.8, 4) is 10.4 Å². The number of primary amides is 1. The minimum atomic E-state index is -0.538. The molecule has 3 amide bonds. The molecule has 3 heterocycles. The quantitative estimate of drug-likeness (QED) is 0.837. The van der Waals surface area contributed by atoms with Gasteiger partial charge in [-0.1, -0.05) is 18.3 Å². The van der Waals surface area contributed by atoms with Crippen LogP contribution in [0.25, 0.3) is 10.4 Å². The summed E-state index contributed by atoms with van der Waals surface area (Å²) in [6.07, 6.45) is 6.21. The van der Waals surface area contributed by atoms with E-state index < -0.39 is 11.9 Å². The molecule has 0 saturated carbocycles. The van der Waals surface area contributed by atoms with E-state index in [9.17, 15) is 9.59 Å². The third-order valence-corrected chi connectivity index (χ3v) is 5.88. The second-order valence-corrected chi connectivity index (χ2v) is 7.58. The van der Waals surface area contributed by atoms with Crippen molar-refractivity contribution >= 4 is 28.4 Å². The number of nitrogens with one attached hydrogen (secondary N) is 1. The van der Waals surface area contributed by atoms with Crippen LogP contribution in [0.2, 0.25) is 0 Å². The number of amides is 3. The third kappa shape index (κ3) is 3.57. The maximum atomic E-state index is 12.5. The van der Waals surface area contributed by atoms with E-state index in [1.165, 1.54) is 16.2 Å². The highest BCUT2D eigenvalue weighted by atomic mass is 32.1. The van der Waals surface area contributed by atoms with E-state index in [4.69, 9.17) is 5.73 Å². The van der Waals surface area contributed by atoms with Crippen molar-refractivity contribution in [1.29, 1.82) is 0 Å². The lowest BCUT2D eigenvalue weighted by Crippen LogP contribution is -2.45. The molecule has 0 bridgehead atoms. The molecule has 1 saturated heterocycles. The van der Waals surface area contributed by atoms with Gasteiger partial charge in [-0.2, -0.15) is 5.10 Å². The summed E-state index contributed by atoms with van der Waals surface area (Å²) < 4.78 is 1.94. The van der Waals surface area contributed by atoms with Gasteiger partial charge in [0.25, 0.3) is 0 Å². The number of nitrogens with two attached hydrogens (primary N) is 1. The summed E-state index contributed by atoms with van der Waals surface area (Å²) in [7, 11) is 0. The molecule has 2 atom stereocenters. The number of urea groups is 1. The molecule has 3 N–H and O–H groups in total. The summed E-state index contributed by atoms with van der Waals surface area (Å²) in [5, 5.41) is 7.72. The monoisotopic (exact) mass is 376 g/mol. The van der Waals surface area contributed by atoms with Crippen LogP contribution in [0.15, 0.2) is 12.4 Å². The summed E-state index contributed by atoms with van der Waals surface area (Å²) >= 11 is 1.40. The second kappa shape index (κ2) is 7.45. The summed E-state index contributed by atoms with van der Waals surface area (Å²) in [5.74, 6) is -0.467. The van der Waals surface area contributed by atoms with Crippen LogP contribution in [0.5, 0.6) is 0 Å². The standard InChI is InChI=1S/C17H24N6O2S/c1-4-10(2)23-9-12(8-19-23)14-11(3)20-16(26-14)21-17(25)22-7-5-6-13(22)15(18)24/h8-10,13H,4-7H2,1-3H3,(H2,18,24)(H,20,21,25)/t10?,13-/m0/s1. The predicted octanol–water partition coefficient (Wildman–Crippen LogP) is 2.77. The lowest BCUT2D eigenvalue weighted by Gasteiger charge is -2.21. The van der Waals surface area contributed by atoms with Crippen molar-refractivity contribution in [2.75, 3.05) is 11.9 Å². The summed E-state index contributed by atoms with van der Waals surface area (Å²) in [6, 6.07) is -0.539. The maximum Gasteiger partial charge on any atom is 0.324 e. The smallest absolute Gasteiger partial charge is 0.324 e. The van der Waals surface area contributed by atoms with Crippen molar-refractivity contribution in [2.45, 2.75) is 52.1 Å².